The van der Waals surface area contributed by atoms with Crippen LogP contribution in [0, 0.1) is 5.92 Å². The van der Waals surface area contributed by atoms with Gasteiger partial charge in [0, 0.05) is 50.9 Å². The van der Waals surface area contributed by atoms with Crippen molar-refractivity contribution < 1.29 is 9.53 Å². The molecule has 1 unspecified atom stereocenters. The summed E-state index contributed by atoms with van der Waals surface area (Å²) in [6.07, 6.45) is 3.99. The highest BCUT2D eigenvalue weighted by atomic mass is 16.5. The Morgan fingerprint density at radius 2 is 2.04 bits per heavy atom. The zero-order valence-corrected chi connectivity index (χ0v) is 15.0. The summed E-state index contributed by atoms with van der Waals surface area (Å²) < 4.78 is 5.45. The van der Waals surface area contributed by atoms with Crippen molar-refractivity contribution >= 4 is 11.6 Å². The second kappa shape index (κ2) is 7.75. The van der Waals surface area contributed by atoms with E-state index < -0.39 is 0 Å². The molecular formula is C20H29N3O2. The lowest BCUT2D eigenvalue weighted by molar-refractivity contribution is -0.133. The van der Waals surface area contributed by atoms with E-state index >= 15 is 0 Å². The minimum absolute atomic E-state index is 0.195. The maximum atomic E-state index is 12.5. The Kier molecular flexibility index (Phi) is 5.22. The van der Waals surface area contributed by atoms with E-state index in [4.69, 9.17) is 4.74 Å². The van der Waals surface area contributed by atoms with E-state index in [-0.39, 0.29) is 11.9 Å². The first-order valence-corrected chi connectivity index (χ1v) is 9.71. The summed E-state index contributed by atoms with van der Waals surface area (Å²) in [5.74, 6) is 0.985. The third-order valence-corrected chi connectivity index (χ3v) is 5.85. The summed E-state index contributed by atoms with van der Waals surface area (Å²) >= 11 is 0. The molecule has 0 spiro atoms. The van der Waals surface area contributed by atoms with Gasteiger partial charge in [-0.05, 0) is 36.8 Å². The van der Waals surface area contributed by atoms with Gasteiger partial charge in [0.25, 0.3) is 0 Å². The van der Waals surface area contributed by atoms with Crippen LogP contribution in [0.5, 0.6) is 0 Å². The molecule has 1 N–H and O–H groups in total. The van der Waals surface area contributed by atoms with Crippen LogP contribution in [0.4, 0.5) is 5.69 Å². The first kappa shape index (κ1) is 16.9. The number of ether oxygens (including phenoxy) is 1. The maximum absolute atomic E-state index is 12.5. The zero-order valence-electron chi connectivity index (χ0n) is 15.0. The predicted molar refractivity (Wildman–Crippen MR) is 98.9 cm³/mol. The number of nitrogens with zero attached hydrogens (tertiary/aromatic N) is 2. The Balaban J connectivity index is 1.24. The van der Waals surface area contributed by atoms with Crippen molar-refractivity contribution in [2.24, 2.45) is 5.92 Å². The molecule has 0 saturated carbocycles. The van der Waals surface area contributed by atoms with Gasteiger partial charge in [-0.15, -0.1) is 0 Å². The smallest absolute Gasteiger partial charge is 0.224 e. The molecule has 5 nitrogen and oxygen atoms in total. The number of para-hydroxylation sites is 1. The molecule has 1 amide bonds. The normalized spacial score (nSPS) is 24.4. The molecule has 4 rings (SSSR count). The molecule has 0 radical (unpaired) electrons. The van der Waals surface area contributed by atoms with E-state index in [1.807, 2.05) is 0 Å². The fourth-order valence-electron chi connectivity index (χ4n) is 4.36. The number of anilines is 1. The zero-order chi connectivity index (χ0) is 17.1. The largest absolute Gasteiger partial charge is 0.378 e. The number of benzene rings is 1. The predicted octanol–water partition coefficient (Wildman–Crippen LogP) is 1.67. The number of rotatable bonds is 4. The molecule has 2 saturated heterocycles. The number of nitrogens with one attached hydrogen (secondary N) is 1. The third kappa shape index (κ3) is 3.98. The average Bonchev–Trinajstić information content (AvgIpc) is 3.06. The van der Waals surface area contributed by atoms with Gasteiger partial charge in [-0.3, -0.25) is 4.79 Å². The van der Waals surface area contributed by atoms with Crippen molar-refractivity contribution in [2.45, 2.75) is 31.7 Å². The highest BCUT2D eigenvalue weighted by Gasteiger charge is 2.28. The number of amides is 1. The monoisotopic (exact) mass is 343 g/mol. The van der Waals surface area contributed by atoms with Gasteiger partial charge < -0.3 is 19.9 Å². The lowest BCUT2D eigenvalue weighted by Crippen LogP contribution is -2.47. The van der Waals surface area contributed by atoms with Gasteiger partial charge >= 0.3 is 0 Å². The van der Waals surface area contributed by atoms with Crippen molar-refractivity contribution in [1.29, 1.82) is 0 Å². The van der Waals surface area contributed by atoms with Crippen LogP contribution in [0.2, 0.25) is 0 Å². The van der Waals surface area contributed by atoms with Crippen LogP contribution < -0.4 is 10.2 Å². The van der Waals surface area contributed by atoms with Crippen molar-refractivity contribution in [3.63, 3.8) is 0 Å². The molecule has 3 aliphatic rings. The van der Waals surface area contributed by atoms with E-state index in [2.05, 4.69) is 39.4 Å². The number of carbonyl (C=O) groups is 1. The van der Waals surface area contributed by atoms with Crippen molar-refractivity contribution in [2.75, 3.05) is 50.8 Å². The Morgan fingerprint density at radius 1 is 1.20 bits per heavy atom. The van der Waals surface area contributed by atoms with Crippen LogP contribution in [-0.2, 0) is 16.0 Å². The molecule has 5 heteroatoms. The van der Waals surface area contributed by atoms with Gasteiger partial charge in [-0.1, -0.05) is 18.2 Å². The van der Waals surface area contributed by atoms with Crippen molar-refractivity contribution in [3.05, 3.63) is 29.8 Å². The number of hydrogen-bond donors (Lipinski definition) is 1. The summed E-state index contributed by atoms with van der Waals surface area (Å²) in [4.78, 5) is 17.1. The summed E-state index contributed by atoms with van der Waals surface area (Å²) in [7, 11) is 0. The molecule has 2 fully saturated rings. The lowest BCUT2D eigenvalue weighted by Gasteiger charge is -2.35. The molecule has 0 aliphatic carbocycles. The minimum Gasteiger partial charge on any atom is -0.378 e. The summed E-state index contributed by atoms with van der Waals surface area (Å²) in [6, 6.07) is 8.97. The van der Waals surface area contributed by atoms with Gasteiger partial charge in [0.1, 0.15) is 0 Å². The van der Waals surface area contributed by atoms with Gasteiger partial charge in [0.05, 0.1) is 13.2 Å². The number of carbonyl (C=O) groups excluding carboxylic acids is 1. The van der Waals surface area contributed by atoms with E-state index in [9.17, 15) is 4.79 Å². The summed E-state index contributed by atoms with van der Waals surface area (Å²) in [6.45, 7) is 6.38. The number of likely N-dealkylation sites (tertiary alicyclic amines) is 1. The maximum Gasteiger partial charge on any atom is 0.224 e. The SMILES string of the molecule is O=C(CC1COCCN1)N1CCC(CN2CCc3ccccc32)CC1. The molecule has 3 aliphatic heterocycles. The molecular weight excluding hydrogens is 314 g/mol. The van der Waals surface area contributed by atoms with E-state index in [0.717, 1.165) is 52.2 Å². The molecule has 0 aromatic heterocycles. The molecule has 1 aromatic rings. The fourth-order valence-corrected chi connectivity index (χ4v) is 4.36. The minimum atomic E-state index is 0.195. The lowest BCUT2D eigenvalue weighted by atomic mass is 9.95. The second-order valence-corrected chi connectivity index (χ2v) is 7.58. The molecule has 25 heavy (non-hydrogen) atoms. The number of hydrogen-bond acceptors (Lipinski definition) is 4. The van der Waals surface area contributed by atoms with Gasteiger partial charge in [0.15, 0.2) is 0 Å². The molecule has 0 bridgehead atoms. The Hall–Kier alpha value is -1.59. The quantitative estimate of drug-likeness (QED) is 0.903. The first-order valence-electron chi connectivity index (χ1n) is 9.71. The Labute approximate surface area is 150 Å². The van der Waals surface area contributed by atoms with Crippen LogP contribution in [0.3, 0.4) is 0 Å². The van der Waals surface area contributed by atoms with Crippen LogP contribution in [-0.4, -0.2) is 62.8 Å². The van der Waals surface area contributed by atoms with Crippen LogP contribution >= 0.6 is 0 Å². The van der Waals surface area contributed by atoms with E-state index in [0.29, 0.717) is 18.9 Å². The van der Waals surface area contributed by atoms with Gasteiger partial charge in [-0.2, -0.15) is 0 Å². The van der Waals surface area contributed by atoms with Gasteiger partial charge in [0.2, 0.25) is 5.91 Å². The number of morpholine rings is 1. The van der Waals surface area contributed by atoms with Gasteiger partial charge in [-0.25, -0.2) is 0 Å². The van der Waals surface area contributed by atoms with Crippen LogP contribution in [0.1, 0.15) is 24.8 Å². The van der Waals surface area contributed by atoms with Crippen molar-refractivity contribution in [1.82, 2.24) is 10.2 Å². The molecule has 3 heterocycles. The highest BCUT2D eigenvalue weighted by molar-refractivity contribution is 5.77. The van der Waals surface area contributed by atoms with Crippen LogP contribution in [0.15, 0.2) is 24.3 Å². The average molecular weight is 343 g/mol. The molecule has 1 atom stereocenters. The summed E-state index contributed by atoms with van der Waals surface area (Å²) in [5, 5.41) is 3.38. The molecule has 136 valence electrons. The molecule has 1 aromatic carbocycles. The second-order valence-electron chi connectivity index (χ2n) is 7.58. The van der Waals surface area contributed by atoms with E-state index in [1.54, 1.807) is 0 Å². The Morgan fingerprint density at radius 3 is 2.84 bits per heavy atom. The standard InChI is InChI=1S/C20H29N3O2/c24-20(13-18-15-25-12-8-21-18)22-9-5-16(6-10-22)14-23-11-7-17-3-1-2-4-19(17)23/h1-4,16,18,21H,5-15H2. The topological polar surface area (TPSA) is 44.8 Å². The van der Waals surface area contributed by atoms with E-state index in [1.165, 1.54) is 17.7 Å². The highest BCUT2D eigenvalue weighted by Crippen LogP contribution is 2.30. The van der Waals surface area contributed by atoms with Crippen LogP contribution in [0.25, 0.3) is 0 Å². The third-order valence-electron chi connectivity index (χ3n) is 5.85. The first-order chi connectivity index (χ1) is 12.3. The number of fused-ring (bicyclic) bond motifs is 1. The fraction of sp³-hybridized carbons (Fsp3) is 0.650. The Bertz CT molecular complexity index is 592. The van der Waals surface area contributed by atoms with Crippen molar-refractivity contribution in [3.8, 4) is 0 Å². The number of piperidine rings is 1. The summed E-state index contributed by atoms with van der Waals surface area (Å²) in [5.41, 5.74) is 2.90.